The summed E-state index contributed by atoms with van der Waals surface area (Å²) in [6.45, 7) is 1.78. The van der Waals surface area contributed by atoms with Crippen molar-refractivity contribution in [3.63, 3.8) is 0 Å². The maximum atomic E-state index is 12.2. The summed E-state index contributed by atoms with van der Waals surface area (Å²) >= 11 is 0. The topological polar surface area (TPSA) is 131 Å². The van der Waals surface area contributed by atoms with E-state index in [0.29, 0.717) is 12.4 Å². The lowest BCUT2D eigenvalue weighted by Crippen LogP contribution is -2.39. The predicted octanol–water partition coefficient (Wildman–Crippen LogP) is 1.91. The molecule has 29 heavy (non-hydrogen) atoms. The van der Waals surface area contributed by atoms with E-state index in [0.717, 1.165) is 16.8 Å². The molecule has 154 valence electrons. The van der Waals surface area contributed by atoms with E-state index in [-0.39, 0.29) is 16.9 Å². The molecule has 10 nitrogen and oxygen atoms in total. The maximum absolute atomic E-state index is 12.2. The van der Waals surface area contributed by atoms with Gasteiger partial charge in [-0.2, -0.15) is 5.10 Å². The fourth-order valence-electron chi connectivity index (χ4n) is 2.38. The van der Waals surface area contributed by atoms with Crippen LogP contribution in [-0.2, 0) is 14.8 Å². The van der Waals surface area contributed by atoms with E-state index in [4.69, 9.17) is 4.74 Å². The zero-order valence-corrected chi connectivity index (χ0v) is 16.6. The molecular weight excluding hydrogens is 400 g/mol. The molecule has 0 saturated heterocycles. The van der Waals surface area contributed by atoms with Crippen LogP contribution in [0.4, 0.5) is 11.4 Å². The lowest BCUT2D eigenvalue weighted by molar-refractivity contribution is -0.385. The van der Waals surface area contributed by atoms with Gasteiger partial charge in [0.2, 0.25) is 10.0 Å². The number of hydrogen-bond acceptors (Lipinski definition) is 7. The standard InChI is InChI=1S/C18H20N4O6S/c1-3-28-16-10-8-15(9-11-16)21(29(2,26)27)13-18(23)20-19-12-14-6-4-5-7-17(14)22(24)25/h4-12H,3,13H2,1-2H3,(H,20,23)/b19-12-. The highest BCUT2D eigenvalue weighted by Gasteiger charge is 2.21. The van der Waals surface area contributed by atoms with Crippen molar-refractivity contribution < 1.29 is 22.9 Å². The Balaban J connectivity index is 2.10. The summed E-state index contributed by atoms with van der Waals surface area (Å²) in [6, 6.07) is 12.1. The van der Waals surface area contributed by atoms with E-state index in [1.54, 1.807) is 18.2 Å². The number of benzene rings is 2. The van der Waals surface area contributed by atoms with Crippen LogP contribution >= 0.6 is 0 Å². The largest absolute Gasteiger partial charge is 0.494 e. The first kappa shape index (κ1) is 21.8. The second-order valence-electron chi connectivity index (χ2n) is 5.81. The second-order valence-corrected chi connectivity index (χ2v) is 7.71. The van der Waals surface area contributed by atoms with Gasteiger partial charge in [0.15, 0.2) is 0 Å². The molecule has 0 aliphatic heterocycles. The van der Waals surface area contributed by atoms with Gasteiger partial charge in [-0.1, -0.05) is 12.1 Å². The first-order chi connectivity index (χ1) is 13.7. The number of anilines is 1. The van der Waals surface area contributed by atoms with E-state index < -0.39 is 27.4 Å². The van der Waals surface area contributed by atoms with Crippen molar-refractivity contribution in [2.45, 2.75) is 6.92 Å². The van der Waals surface area contributed by atoms with Gasteiger partial charge in [-0.3, -0.25) is 19.2 Å². The number of nitrogens with one attached hydrogen (secondary N) is 1. The van der Waals surface area contributed by atoms with Gasteiger partial charge in [-0.15, -0.1) is 0 Å². The van der Waals surface area contributed by atoms with Crippen LogP contribution in [0.5, 0.6) is 5.75 Å². The SMILES string of the molecule is CCOc1ccc(N(CC(=O)N/N=C\c2ccccc2[N+](=O)[O-])S(C)(=O)=O)cc1. The number of sulfonamides is 1. The van der Waals surface area contributed by atoms with Crippen molar-refractivity contribution in [2.75, 3.05) is 23.7 Å². The highest BCUT2D eigenvalue weighted by molar-refractivity contribution is 7.92. The number of para-hydroxylation sites is 1. The minimum absolute atomic E-state index is 0.169. The molecule has 0 unspecified atom stereocenters. The quantitative estimate of drug-likeness (QED) is 0.374. The van der Waals surface area contributed by atoms with E-state index >= 15 is 0 Å². The average Bonchev–Trinajstić information content (AvgIpc) is 2.66. The summed E-state index contributed by atoms with van der Waals surface area (Å²) in [7, 11) is -3.74. The van der Waals surface area contributed by atoms with Gasteiger partial charge in [-0.25, -0.2) is 13.8 Å². The van der Waals surface area contributed by atoms with Gasteiger partial charge in [0.05, 0.1) is 35.3 Å². The summed E-state index contributed by atoms with van der Waals surface area (Å²) in [5.74, 6) is -0.137. The van der Waals surface area contributed by atoms with Crippen molar-refractivity contribution >= 4 is 33.5 Å². The van der Waals surface area contributed by atoms with Gasteiger partial charge < -0.3 is 4.74 Å². The predicted molar refractivity (Wildman–Crippen MR) is 109 cm³/mol. The highest BCUT2D eigenvalue weighted by Crippen LogP contribution is 2.21. The van der Waals surface area contributed by atoms with Crippen molar-refractivity contribution in [2.24, 2.45) is 5.10 Å². The lowest BCUT2D eigenvalue weighted by atomic mass is 10.2. The molecule has 11 heteroatoms. The second kappa shape index (κ2) is 9.64. The van der Waals surface area contributed by atoms with E-state index in [1.165, 1.54) is 30.3 Å². The molecule has 0 aliphatic carbocycles. The van der Waals surface area contributed by atoms with Crippen LogP contribution in [0.3, 0.4) is 0 Å². The monoisotopic (exact) mass is 420 g/mol. The van der Waals surface area contributed by atoms with Crippen LogP contribution in [0.15, 0.2) is 53.6 Å². The Hall–Kier alpha value is -3.47. The summed E-state index contributed by atoms with van der Waals surface area (Å²) in [4.78, 5) is 22.6. The highest BCUT2D eigenvalue weighted by atomic mass is 32.2. The maximum Gasteiger partial charge on any atom is 0.278 e. The molecule has 2 aromatic carbocycles. The molecule has 1 N–H and O–H groups in total. The summed E-state index contributed by atoms with van der Waals surface area (Å²) in [5.41, 5.74) is 2.49. The summed E-state index contributed by atoms with van der Waals surface area (Å²) < 4.78 is 30.4. The van der Waals surface area contributed by atoms with Crippen LogP contribution in [0, 0.1) is 10.1 Å². The molecular formula is C18H20N4O6S. The van der Waals surface area contributed by atoms with Crippen LogP contribution in [0.25, 0.3) is 0 Å². The molecule has 2 aromatic rings. The Labute approximate surface area is 168 Å². The molecule has 0 saturated carbocycles. The zero-order valence-electron chi connectivity index (χ0n) is 15.8. The number of amides is 1. The number of carbonyl (C=O) groups is 1. The van der Waals surface area contributed by atoms with E-state index in [9.17, 15) is 23.3 Å². The third-order valence-corrected chi connectivity index (χ3v) is 4.79. The molecule has 0 bridgehead atoms. The first-order valence-corrected chi connectivity index (χ1v) is 10.3. The van der Waals surface area contributed by atoms with Crippen LogP contribution < -0.4 is 14.5 Å². The van der Waals surface area contributed by atoms with Crippen LogP contribution in [-0.4, -0.2) is 44.9 Å². The van der Waals surface area contributed by atoms with Gasteiger partial charge in [0, 0.05) is 6.07 Å². The molecule has 0 spiro atoms. The first-order valence-electron chi connectivity index (χ1n) is 8.48. The van der Waals surface area contributed by atoms with Gasteiger partial charge in [-0.05, 0) is 37.3 Å². The smallest absolute Gasteiger partial charge is 0.278 e. The number of ether oxygens (including phenoxy) is 1. The van der Waals surface area contributed by atoms with E-state index in [2.05, 4.69) is 10.5 Å². The van der Waals surface area contributed by atoms with Gasteiger partial charge in [0.1, 0.15) is 12.3 Å². The summed E-state index contributed by atoms with van der Waals surface area (Å²) in [6.07, 6.45) is 2.10. The zero-order chi connectivity index (χ0) is 21.4. The minimum atomic E-state index is -3.74. The van der Waals surface area contributed by atoms with Gasteiger partial charge in [0.25, 0.3) is 11.6 Å². The Kier molecular flexibility index (Phi) is 7.26. The van der Waals surface area contributed by atoms with E-state index in [1.807, 2.05) is 6.92 Å². The fourth-order valence-corrected chi connectivity index (χ4v) is 3.23. The molecule has 0 fully saturated rings. The number of nitro groups is 1. The third-order valence-electron chi connectivity index (χ3n) is 3.65. The van der Waals surface area contributed by atoms with Crippen molar-refractivity contribution in [3.05, 3.63) is 64.2 Å². The number of carbonyl (C=O) groups excluding carboxylic acids is 1. The number of hydrazone groups is 1. The number of rotatable bonds is 9. The third kappa shape index (κ3) is 6.28. The minimum Gasteiger partial charge on any atom is -0.494 e. The molecule has 0 aliphatic rings. The van der Waals surface area contributed by atoms with Crippen molar-refractivity contribution in [1.82, 2.24) is 5.43 Å². The Morgan fingerprint density at radius 1 is 1.24 bits per heavy atom. The molecule has 2 rings (SSSR count). The summed E-state index contributed by atoms with van der Waals surface area (Å²) in [5, 5.41) is 14.7. The number of nitrogens with zero attached hydrogens (tertiary/aromatic N) is 3. The molecule has 0 aromatic heterocycles. The Bertz CT molecular complexity index is 1010. The van der Waals surface area contributed by atoms with Crippen molar-refractivity contribution in [3.8, 4) is 5.75 Å². The lowest BCUT2D eigenvalue weighted by Gasteiger charge is -2.21. The molecule has 0 heterocycles. The number of nitro benzene ring substituents is 1. The Morgan fingerprint density at radius 2 is 1.90 bits per heavy atom. The van der Waals surface area contributed by atoms with Crippen LogP contribution in [0.1, 0.15) is 12.5 Å². The normalized spacial score (nSPS) is 11.2. The molecule has 1 amide bonds. The molecule has 0 atom stereocenters. The van der Waals surface area contributed by atoms with Gasteiger partial charge >= 0.3 is 0 Å². The number of hydrogen-bond donors (Lipinski definition) is 1. The van der Waals surface area contributed by atoms with Crippen LogP contribution in [0.2, 0.25) is 0 Å². The van der Waals surface area contributed by atoms with Crippen molar-refractivity contribution in [1.29, 1.82) is 0 Å². The Morgan fingerprint density at radius 3 is 2.48 bits per heavy atom. The molecule has 0 radical (unpaired) electrons. The fraction of sp³-hybridized carbons (Fsp3) is 0.222. The average molecular weight is 420 g/mol.